The Morgan fingerprint density at radius 1 is 1.14 bits per heavy atom. The Morgan fingerprint density at radius 2 is 1.86 bits per heavy atom. The zero-order valence-electron chi connectivity index (χ0n) is 20.6. The number of rotatable bonds is 8. The van der Waals surface area contributed by atoms with Crippen LogP contribution in [0, 0.1) is 11.8 Å². The summed E-state index contributed by atoms with van der Waals surface area (Å²) in [5, 5.41) is 2.87. The van der Waals surface area contributed by atoms with Gasteiger partial charge in [0.2, 0.25) is 15.9 Å². The zero-order valence-corrected chi connectivity index (χ0v) is 21.4. The van der Waals surface area contributed by atoms with Gasteiger partial charge >= 0.3 is 0 Å². The van der Waals surface area contributed by atoms with Crippen molar-refractivity contribution < 1.29 is 27.5 Å². The van der Waals surface area contributed by atoms with Gasteiger partial charge in [-0.2, -0.15) is 4.31 Å². The zero-order chi connectivity index (χ0) is 25.0. The monoisotopic (exact) mass is 508 g/mol. The molecule has 0 saturated carbocycles. The van der Waals surface area contributed by atoms with Crippen molar-refractivity contribution in [3.8, 4) is 5.75 Å². The van der Waals surface area contributed by atoms with Gasteiger partial charge in [-0.25, -0.2) is 8.42 Å². The molecule has 2 fully saturated rings. The van der Waals surface area contributed by atoms with Gasteiger partial charge in [-0.3, -0.25) is 19.4 Å². The van der Waals surface area contributed by atoms with Crippen LogP contribution in [-0.4, -0.2) is 95.1 Å². The summed E-state index contributed by atoms with van der Waals surface area (Å²) in [5.41, 5.74) is 0.309. The summed E-state index contributed by atoms with van der Waals surface area (Å²) in [7, 11) is -3.73. The number of benzene rings is 1. The number of carbonyl (C=O) groups is 2. The number of hydrogen-bond acceptors (Lipinski definition) is 7. The number of nitrogens with zero attached hydrogens (tertiary/aromatic N) is 3. The molecule has 2 amide bonds. The number of nitrogens with one attached hydrogen (secondary N) is 1. The van der Waals surface area contributed by atoms with Gasteiger partial charge in [0.25, 0.3) is 5.91 Å². The number of hydrogen-bond donors (Lipinski definition) is 1. The third kappa shape index (κ3) is 6.32. The Morgan fingerprint density at radius 3 is 2.57 bits per heavy atom. The van der Waals surface area contributed by atoms with Crippen molar-refractivity contribution in [2.45, 2.75) is 31.6 Å². The van der Waals surface area contributed by atoms with E-state index in [4.69, 9.17) is 9.47 Å². The minimum Gasteiger partial charge on any atom is -0.482 e. The van der Waals surface area contributed by atoms with Gasteiger partial charge in [-0.1, -0.05) is 13.8 Å². The van der Waals surface area contributed by atoms with Crippen LogP contribution in [0.15, 0.2) is 23.1 Å². The van der Waals surface area contributed by atoms with E-state index in [2.05, 4.69) is 24.1 Å². The Kier molecular flexibility index (Phi) is 8.31. The van der Waals surface area contributed by atoms with Crippen LogP contribution in [0.5, 0.6) is 5.75 Å². The molecule has 4 rings (SSSR count). The highest BCUT2D eigenvalue weighted by molar-refractivity contribution is 7.89. The summed E-state index contributed by atoms with van der Waals surface area (Å²) in [6.45, 7) is 9.30. The third-order valence-corrected chi connectivity index (χ3v) is 8.55. The predicted molar refractivity (Wildman–Crippen MR) is 131 cm³/mol. The first-order chi connectivity index (χ1) is 16.7. The largest absolute Gasteiger partial charge is 0.482 e. The lowest BCUT2D eigenvalue weighted by Crippen LogP contribution is -2.46. The summed E-state index contributed by atoms with van der Waals surface area (Å²) >= 11 is 0. The second-order valence-electron chi connectivity index (χ2n) is 9.82. The molecule has 3 aliphatic heterocycles. The molecule has 2 atom stereocenters. The molecule has 0 radical (unpaired) electrons. The molecule has 1 aromatic rings. The molecule has 10 nitrogen and oxygen atoms in total. The fraction of sp³-hybridized carbons (Fsp3) is 0.667. The van der Waals surface area contributed by atoms with Crippen LogP contribution in [0.3, 0.4) is 0 Å². The number of morpholine rings is 1. The van der Waals surface area contributed by atoms with Crippen LogP contribution in [0.4, 0.5) is 5.69 Å². The maximum Gasteiger partial charge on any atom is 0.265 e. The van der Waals surface area contributed by atoms with Crippen LogP contribution in [0.25, 0.3) is 0 Å². The van der Waals surface area contributed by atoms with Crippen LogP contribution in [0.1, 0.15) is 26.7 Å². The predicted octanol–water partition coefficient (Wildman–Crippen LogP) is 0.917. The van der Waals surface area contributed by atoms with Crippen molar-refractivity contribution in [3.63, 3.8) is 0 Å². The van der Waals surface area contributed by atoms with E-state index >= 15 is 0 Å². The van der Waals surface area contributed by atoms with Crippen molar-refractivity contribution in [1.82, 2.24) is 14.5 Å². The van der Waals surface area contributed by atoms with Crippen molar-refractivity contribution in [2.24, 2.45) is 11.8 Å². The molecule has 3 heterocycles. The summed E-state index contributed by atoms with van der Waals surface area (Å²) < 4.78 is 39.1. The number of ether oxygens (including phenoxy) is 2. The summed E-state index contributed by atoms with van der Waals surface area (Å²) in [5.74, 6) is 0.277. The number of fused-ring (bicyclic) bond motifs is 1. The smallest absolute Gasteiger partial charge is 0.265 e. The second-order valence-corrected chi connectivity index (χ2v) is 11.8. The summed E-state index contributed by atoms with van der Waals surface area (Å²) in [4.78, 5) is 28.9. The highest BCUT2D eigenvalue weighted by Crippen LogP contribution is 2.36. The lowest BCUT2D eigenvalue weighted by molar-refractivity contribution is -0.125. The topological polar surface area (TPSA) is 108 Å². The first-order valence-electron chi connectivity index (χ1n) is 12.4. The molecule has 3 aliphatic rings. The first-order valence-corrected chi connectivity index (χ1v) is 13.8. The van der Waals surface area contributed by atoms with Crippen molar-refractivity contribution in [3.05, 3.63) is 18.2 Å². The SMILES string of the molecule is C[C@@H]1C[C@@H](C)CN(S(=O)(=O)c2ccc3c(c2)N(CC(=O)NCCCN2CCOCC2)C(=O)CO3)C1. The van der Waals surface area contributed by atoms with E-state index < -0.39 is 10.0 Å². The Bertz CT molecular complexity index is 1020. The number of anilines is 1. The first kappa shape index (κ1) is 25.9. The molecule has 1 N–H and O–H groups in total. The molecule has 11 heteroatoms. The van der Waals surface area contributed by atoms with E-state index in [1.807, 2.05) is 0 Å². The van der Waals surface area contributed by atoms with E-state index in [0.717, 1.165) is 45.7 Å². The molecule has 0 bridgehead atoms. The molecule has 35 heavy (non-hydrogen) atoms. The molecular weight excluding hydrogens is 472 g/mol. The fourth-order valence-corrected chi connectivity index (χ4v) is 6.72. The maximum atomic E-state index is 13.4. The summed E-state index contributed by atoms with van der Waals surface area (Å²) in [6, 6.07) is 4.54. The average molecular weight is 509 g/mol. The maximum absolute atomic E-state index is 13.4. The van der Waals surface area contributed by atoms with Gasteiger partial charge in [0, 0.05) is 32.7 Å². The molecular formula is C24H36N4O6S. The molecule has 0 aliphatic carbocycles. The van der Waals surface area contributed by atoms with Crippen LogP contribution in [-0.2, 0) is 24.3 Å². The molecule has 0 aromatic heterocycles. The normalized spacial score (nSPS) is 24.1. The summed E-state index contributed by atoms with van der Waals surface area (Å²) in [6.07, 6.45) is 1.79. The average Bonchev–Trinajstić information content (AvgIpc) is 2.83. The van der Waals surface area contributed by atoms with E-state index in [-0.39, 0.29) is 41.7 Å². The highest BCUT2D eigenvalue weighted by Gasteiger charge is 2.34. The van der Waals surface area contributed by atoms with Gasteiger partial charge in [-0.05, 0) is 49.4 Å². The van der Waals surface area contributed by atoms with Gasteiger partial charge in [0.05, 0.1) is 23.8 Å². The number of sulfonamides is 1. The quantitative estimate of drug-likeness (QED) is 0.520. The lowest BCUT2D eigenvalue weighted by atomic mass is 9.94. The molecule has 194 valence electrons. The van der Waals surface area contributed by atoms with Gasteiger partial charge in [0.15, 0.2) is 6.61 Å². The van der Waals surface area contributed by atoms with Crippen molar-refractivity contribution in [1.29, 1.82) is 0 Å². The lowest BCUT2D eigenvalue weighted by Gasteiger charge is -2.34. The highest BCUT2D eigenvalue weighted by atomic mass is 32.2. The molecule has 0 unspecified atom stereocenters. The van der Waals surface area contributed by atoms with Crippen LogP contribution in [0.2, 0.25) is 0 Å². The Hall–Kier alpha value is -2.21. The third-order valence-electron chi connectivity index (χ3n) is 6.73. The fourth-order valence-electron chi connectivity index (χ4n) is 5.02. The standard InChI is InChI=1S/C24H36N4O6S/c1-18-12-19(2)15-27(14-18)35(31,32)20-4-5-22-21(13-20)28(24(30)17-34-22)16-23(29)25-6-3-7-26-8-10-33-11-9-26/h4-5,13,18-19H,3,6-12,14-17H2,1-2H3,(H,25,29)/t18-,19-/m1/s1. The van der Waals surface area contributed by atoms with Crippen molar-refractivity contribution in [2.75, 3.05) is 70.5 Å². The number of carbonyl (C=O) groups excluding carboxylic acids is 2. The Balaban J connectivity index is 1.41. The van der Waals surface area contributed by atoms with Gasteiger partial charge < -0.3 is 14.8 Å². The van der Waals surface area contributed by atoms with E-state index in [0.29, 0.717) is 31.1 Å². The van der Waals surface area contributed by atoms with Gasteiger partial charge in [-0.15, -0.1) is 0 Å². The molecule has 0 spiro atoms. The Labute approximate surface area is 207 Å². The minimum atomic E-state index is -3.73. The number of amides is 2. The van der Waals surface area contributed by atoms with E-state index in [9.17, 15) is 18.0 Å². The molecule has 1 aromatic carbocycles. The van der Waals surface area contributed by atoms with Crippen molar-refractivity contribution >= 4 is 27.5 Å². The second kappa shape index (κ2) is 11.2. The number of piperidine rings is 1. The van der Waals surface area contributed by atoms with E-state index in [1.165, 1.54) is 21.3 Å². The minimum absolute atomic E-state index is 0.103. The van der Waals surface area contributed by atoms with Crippen LogP contribution < -0.4 is 15.0 Å². The molecule has 2 saturated heterocycles. The van der Waals surface area contributed by atoms with Gasteiger partial charge in [0.1, 0.15) is 12.3 Å². The van der Waals surface area contributed by atoms with E-state index in [1.54, 1.807) is 6.07 Å². The van der Waals surface area contributed by atoms with Crippen LogP contribution >= 0.6 is 0 Å².